The van der Waals surface area contributed by atoms with E-state index < -0.39 is 17.8 Å². The molecule has 0 amide bonds. The lowest BCUT2D eigenvalue weighted by atomic mass is 10.1. The Balaban J connectivity index is 1.71. The van der Waals surface area contributed by atoms with Gasteiger partial charge in [-0.25, -0.2) is 4.68 Å². The molecule has 2 aromatic heterocycles. The molecule has 0 aliphatic rings. The van der Waals surface area contributed by atoms with Gasteiger partial charge in [-0.3, -0.25) is 0 Å². The lowest BCUT2D eigenvalue weighted by molar-refractivity contribution is -0.137. The number of methoxy groups -OCH3 is 2. The number of hydrogen-bond acceptors (Lipinski definition) is 6. The van der Waals surface area contributed by atoms with Gasteiger partial charge in [0.05, 0.1) is 39.0 Å². The number of nitrogens with zero attached hydrogens (tertiary/aromatic N) is 4. The first-order valence-electron chi connectivity index (χ1n) is 10.5. The van der Waals surface area contributed by atoms with Crippen molar-refractivity contribution in [3.8, 4) is 11.9 Å². The van der Waals surface area contributed by atoms with Gasteiger partial charge in [0.25, 0.3) is 0 Å². The number of rotatable bonds is 8. The molecule has 4 aromatic rings. The third kappa shape index (κ3) is 4.81. The summed E-state index contributed by atoms with van der Waals surface area (Å²) in [6.45, 7) is 2.36. The summed E-state index contributed by atoms with van der Waals surface area (Å²) in [5, 5.41) is 5.23. The molecule has 4 rings (SSSR count). The number of fused-ring (bicyclic) bond motifs is 1. The van der Waals surface area contributed by atoms with Gasteiger partial charge in [0.15, 0.2) is 5.65 Å². The standard InChI is InChI=1S/C24H23F3N4O3/c1-15(17-9-11-18(12-10-17)24(25,26)27)31-21-20(22(32-2)29-23(28-21)33-3)19(30-31)14-34-13-16-7-5-4-6-8-16/h4-12,15H,13-14H2,1-3H3. The molecule has 0 N–H and O–H groups in total. The molecule has 0 saturated carbocycles. The molecule has 0 spiro atoms. The Kier molecular flexibility index (Phi) is 6.69. The van der Waals surface area contributed by atoms with Crippen LogP contribution in [0, 0.1) is 0 Å². The molecule has 178 valence electrons. The van der Waals surface area contributed by atoms with Crippen LogP contribution in [-0.4, -0.2) is 34.0 Å². The van der Waals surface area contributed by atoms with Crippen LogP contribution in [0.15, 0.2) is 54.6 Å². The van der Waals surface area contributed by atoms with Gasteiger partial charge in [-0.2, -0.15) is 28.2 Å². The van der Waals surface area contributed by atoms with Gasteiger partial charge < -0.3 is 14.2 Å². The minimum atomic E-state index is -4.41. The van der Waals surface area contributed by atoms with E-state index in [1.54, 1.807) is 4.68 Å². The van der Waals surface area contributed by atoms with Gasteiger partial charge in [-0.15, -0.1) is 0 Å². The molecule has 0 radical (unpaired) electrons. The molecule has 7 nitrogen and oxygen atoms in total. The van der Waals surface area contributed by atoms with E-state index in [2.05, 4.69) is 15.1 Å². The van der Waals surface area contributed by atoms with Crippen molar-refractivity contribution < 1.29 is 27.4 Å². The predicted molar refractivity (Wildman–Crippen MR) is 119 cm³/mol. The third-order valence-electron chi connectivity index (χ3n) is 5.38. The van der Waals surface area contributed by atoms with E-state index in [-0.39, 0.29) is 18.5 Å². The van der Waals surface area contributed by atoms with Crippen molar-refractivity contribution in [2.24, 2.45) is 0 Å². The van der Waals surface area contributed by atoms with Gasteiger partial charge in [-0.05, 0) is 30.2 Å². The molecule has 0 bridgehead atoms. The first-order valence-corrected chi connectivity index (χ1v) is 10.5. The van der Waals surface area contributed by atoms with Crippen LogP contribution < -0.4 is 9.47 Å². The highest BCUT2D eigenvalue weighted by Crippen LogP contribution is 2.34. The molecule has 1 atom stereocenters. The third-order valence-corrected chi connectivity index (χ3v) is 5.38. The molecule has 0 aliphatic heterocycles. The summed E-state index contributed by atoms with van der Waals surface area (Å²) in [5.74, 6) is 0.269. The molecular formula is C24H23F3N4O3. The fraction of sp³-hybridized carbons (Fsp3) is 0.292. The van der Waals surface area contributed by atoms with Crippen molar-refractivity contribution in [2.45, 2.75) is 32.4 Å². The van der Waals surface area contributed by atoms with Crippen molar-refractivity contribution in [3.63, 3.8) is 0 Å². The van der Waals surface area contributed by atoms with Crippen LogP contribution in [0.25, 0.3) is 11.0 Å². The highest BCUT2D eigenvalue weighted by Gasteiger charge is 2.30. The molecule has 2 aromatic carbocycles. The van der Waals surface area contributed by atoms with E-state index in [1.165, 1.54) is 26.4 Å². The quantitative estimate of drug-likeness (QED) is 0.352. The summed E-state index contributed by atoms with van der Waals surface area (Å²) >= 11 is 0. The minimum absolute atomic E-state index is 0.0851. The van der Waals surface area contributed by atoms with Crippen LogP contribution in [0.4, 0.5) is 13.2 Å². The lowest BCUT2D eigenvalue weighted by Gasteiger charge is -2.15. The summed E-state index contributed by atoms with van der Waals surface area (Å²) in [6.07, 6.45) is -4.41. The average Bonchev–Trinajstić information content (AvgIpc) is 3.21. The number of benzene rings is 2. The van der Waals surface area contributed by atoms with Crippen molar-refractivity contribution in [1.82, 2.24) is 19.7 Å². The second-order valence-corrected chi connectivity index (χ2v) is 7.58. The van der Waals surface area contributed by atoms with Crippen molar-refractivity contribution in [3.05, 3.63) is 77.0 Å². The summed E-state index contributed by atoms with van der Waals surface area (Å²) in [7, 11) is 2.91. The van der Waals surface area contributed by atoms with Crippen molar-refractivity contribution in [2.75, 3.05) is 14.2 Å². The Morgan fingerprint density at radius 2 is 1.62 bits per heavy atom. The van der Waals surface area contributed by atoms with Crippen LogP contribution in [0.1, 0.15) is 35.3 Å². The van der Waals surface area contributed by atoms with Gasteiger partial charge in [0.1, 0.15) is 11.1 Å². The Hall–Kier alpha value is -3.66. The SMILES string of the molecule is COc1nc(OC)c2c(COCc3ccccc3)nn(C(C)c3ccc(C(F)(F)F)cc3)c2n1. The van der Waals surface area contributed by atoms with Crippen molar-refractivity contribution in [1.29, 1.82) is 0 Å². The fourth-order valence-electron chi connectivity index (χ4n) is 3.60. The van der Waals surface area contributed by atoms with E-state index in [9.17, 15) is 13.2 Å². The molecule has 10 heteroatoms. The lowest BCUT2D eigenvalue weighted by Crippen LogP contribution is -2.11. The first-order chi connectivity index (χ1) is 16.3. The Morgan fingerprint density at radius 3 is 2.24 bits per heavy atom. The summed E-state index contributed by atoms with van der Waals surface area (Å²) < 4.78 is 57.1. The van der Waals surface area contributed by atoms with Crippen LogP contribution in [0.5, 0.6) is 11.9 Å². The Morgan fingerprint density at radius 1 is 0.912 bits per heavy atom. The second kappa shape index (κ2) is 9.68. The molecule has 0 saturated heterocycles. The zero-order chi connectivity index (χ0) is 24.3. The Bertz CT molecular complexity index is 1260. The van der Waals surface area contributed by atoms with Gasteiger partial charge in [0.2, 0.25) is 5.88 Å². The van der Waals surface area contributed by atoms with Gasteiger partial charge >= 0.3 is 12.2 Å². The maximum absolute atomic E-state index is 13.0. The number of aromatic nitrogens is 4. The molecule has 1 unspecified atom stereocenters. The summed E-state index contributed by atoms with van der Waals surface area (Å²) in [5.41, 5.74) is 1.90. The first kappa shape index (κ1) is 23.5. The highest BCUT2D eigenvalue weighted by molar-refractivity contribution is 5.84. The van der Waals surface area contributed by atoms with E-state index in [1.807, 2.05) is 37.3 Å². The summed E-state index contributed by atoms with van der Waals surface area (Å²) in [4.78, 5) is 8.70. The van der Waals surface area contributed by atoms with Gasteiger partial charge in [-0.1, -0.05) is 42.5 Å². The molecule has 0 aliphatic carbocycles. The molecular weight excluding hydrogens is 449 g/mol. The topological polar surface area (TPSA) is 71.3 Å². The average molecular weight is 472 g/mol. The number of ether oxygens (including phenoxy) is 3. The second-order valence-electron chi connectivity index (χ2n) is 7.58. The maximum atomic E-state index is 13.0. The normalized spacial score (nSPS) is 12.6. The van der Waals surface area contributed by atoms with E-state index in [0.717, 1.165) is 17.7 Å². The van der Waals surface area contributed by atoms with E-state index in [0.29, 0.717) is 28.9 Å². The fourth-order valence-corrected chi connectivity index (χ4v) is 3.60. The van der Waals surface area contributed by atoms with Crippen molar-refractivity contribution >= 4 is 11.0 Å². The Labute approximate surface area is 194 Å². The molecule has 34 heavy (non-hydrogen) atoms. The smallest absolute Gasteiger partial charge is 0.416 e. The number of halogens is 3. The zero-order valence-corrected chi connectivity index (χ0v) is 18.8. The summed E-state index contributed by atoms with van der Waals surface area (Å²) in [6, 6.07) is 14.3. The number of hydrogen-bond donors (Lipinski definition) is 0. The van der Waals surface area contributed by atoms with Crippen LogP contribution in [0.3, 0.4) is 0 Å². The maximum Gasteiger partial charge on any atom is 0.416 e. The van der Waals surface area contributed by atoms with Crippen LogP contribution in [0.2, 0.25) is 0 Å². The molecule has 0 fully saturated rings. The number of alkyl halides is 3. The highest BCUT2D eigenvalue weighted by atomic mass is 19.4. The van der Waals surface area contributed by atoms with E-state index >= 15 is 0 Å². The van der Waals surface area contributed by atoms with E-state index in [4.69, 9.17) is 14.2 Å². The minimum Gasteiger partial charge on any atom is -0.480 e. The predicted octanol–water partition coefficient (Wildman–Crippen LogP) is 5.19. The zero-order valence-electron chi connectivity index (χ0n) is 18.8. The molecule has 2 heterocycles. The van der Waals surface area contributed by atoms with Gasteiger partial charge in [0, 0.05) is 0 Å². The van der Waals surface area contributed by atoms with Crippen LogP contribution >= 0.6 is 0 Å². The largest absolute Gasteiger partial charge is 0.480 e. The van der Waals surface area contributed by atoms with Crippen LogP contribution in [-0.2, 0) is 24.1 Å². The monoisotopic (exact) mass is 472 g/mol.